The molecule has 0 aliphatic carbocycles. The molecule has 42 heavy (non-hydrogen) atoms. The Bertz CT molecular complexity index is 2450. The van der Waals surface area contributed by atoms with Crippen LogP contribution in [0.4, 0.5) is 0 Å². The van der Waals surface area contributed by atoms with Crippen molar-refractivity contribution in [2.75, 3.05) is 0 Å². The van der Waals surface area contributed by atoms with E-state index in [4.69, 9.17) is 9.97 Å². The summed E-state index contributed by atoms with van der Waals surface area (Å²) in [7, 11) is 0. The number of hydrogen-bond acceptors (Lipinski definition) is 3. The van der Waals surface area contributed by atoms with Crippen LogP contribution in [0.25, 0.3) is 81.2 Å². The zero-order valence-electron chi connectivity index (χ0n) is 22.5. The number of hydrogen-bond donors (Lipinski definition) is 0. The average molecular weight is 554 g/mol. The molecule has 4 heteroatoms. The topological polar surface area (TPSA) is 30.7 Å². The van der Waals surface area contributed by atoms with Gasteiger partial charge in [0.25, 0.3) is 0 Å². The molecule has 0 fully saturated rings. The summed E-state index contributed by atoms with van der Waals surface area (Å²) in [6.07, 6.45) is 0. The Hall–Kier alpha value is -5.32. The van der Waals surface area contributed by atoms with Crippen molar-refractivity contribution in [1.29, 1.82) is 0 Å². The van der Waals surface area contributed by atoms with E-state index in [2.05, 4.69) is 144 Å². The molecule has 9 aromatic rings. The third-order valence-corrected chi connectivity index (χ3v) is 9.38. The van der Waals surface area contributed by atoms with Crippen LogP contribution in [-0.4, -0.2) is 14.5 Å². The molecule has 0 aliphatic heterocycles. The number of fused-ring (bicyclic) bond motifs is 7. The summed E-state index contributed by atoms with van der Waals surface area (Å²) in [4.78, 5) is 10.7. The fourth-order valence-electron chi connectivity index (χ4n) is 6.20. The molecule has 196 valence electrons. The fourth-order valence-corrected chi connectivity index (χ4v) is 7.35. The lowest BCUT2D eigenvalue weighted by Gasteiger charge is -2.11. The molecule has 3 aromatic heterocycles. The van der Waals surface area contributed by atoms with Gasteiger partial charge in [0, 0.05) is 26.4 Å². The smallest absolute Gasteiger partial charge is 0.235 e. The number of rotatable bonds is 3. The predicted octanol–water partition coefficient (Wildman–Crippen LogP) is 10.4. The number of para-hydroxylation sites is 1. The minimum absolute atomic E-state index is 0.690. The Balaban J connectivity index is 1.35. The molecule has 3 heterocycles. The van der Waals surface area contributed by atoms with E-state index in [9.17, 15) is 0 Å². The van der Waals surface area contributed by atoms with E-state index in [1.54, 1.807) is 11.3 Å². The molecule has 3 nitrogen and oxygen atoms in total. The van der Waals surface area contributed by atoms with Crippen LogP contribution >= 0.6 is 11.3 Å². The summed E-state index contributed by atoms with van der Waals surface area (Å²) in [5, 5.41) is 6.00. The second kappa shape index (κ2) is 9.10. The van der Waals surface area contributed by atoms with E-state index < -0.39 is 0 Å². The zero-order chi connectivity index (χ0) is 27.6. The van der Waals surface area contributed by atoms with Crippen molar-refractivity contribution in [1.82, 2.24) is 14.5 Å². The highest BCUT2D eigenvalue weighted by Gasteiger charge is 2.20. The number of benzene rings is 6. The molecule has 9 rings (SSSR count). The summed E-state index contributed by atoms with van der Waals surface area (Å²) in [6, 6.07) is 49.5. The Labute approximate surface area is 246 Å². The van der Waals surface area contributed by atoms with Crippen molar-refractivity contribution in [3.63, 3.8) is 0 Å². The summed E-state index contributed by atoms with van der Waals surface area (Å²) in [5.41, 5.74) is 7.65. The van der Waals surface area contributed by atoms with E-state index in [-0.39, 0.29) is 0 Å². The Kier molecular flexibility index (Phi) is 5.07. The summed E-state index contributed by atoms with van der Waals surface area (Å²) in [6.45, 7) is 0. The minimum Gasteiger partial charge on any atom is -0.278 e. The van der Waals surface area contributed by atoms with Crippen LogP contribution < -0.4 is 0 Å². The molecular weight excluding hydrogens is 531 g/mol. The van der Waals surface area contributed by atoms with Gasteiger partial charge in [0.1, 0.15) is 0 Å². The third-order valence-electron chi connectivity index (χ3n) is 8.21. The van der Waals surface area contributed by atoms with E-state index in [0.717, 1.165) is 37.9 Å². The van der Waals surface area contributed by atoms with Crippen molar-refractivity contribution >= 4 is 64.2 Å². The second-order valence-corrected chi connectivity index (χ2v) is 11.7. The maximum atomic E-state index is 5.35. The van der Waals surface area contributed by atoms with Gasteiger partial charge in [-0.2, -0.15) is 0 Å². The van der Waals surface area contributed by atoms with Gasteiger partial charge in [-0.3, -0.25) is 4.57 Å². The molecule has 0 saturated heterocycles. The highest BCUT2D eigenvalue weighted by Crippen LogP contribution is 2.40. The number of nitrogens with zero attached hydrogens (tertiary/aromatic N) is 3. The Morgan fingerprint density at radius 3 is 1.95 bits per heavy atom. The zero-order valence-corrected chi connectivity index (χ0v) is 23.3. The lowest BCUT2D eigenvalue weighted by molar-refractivity contribution is 1.02. The molecule has 0 amide bonds. The third kappa shape index (κ3) is 3.52. The molecular formula is C38H23N3S. The highest BCUT2D eigenvalue weighted by molar-refractivity contribution is 7.26. The quantitative estimate of drug-likeness (QED) is 0.218. The van der Waals surface area contributed by atoms with E-state index in [1.807, 2.05) is 0 Å². The highest BCUT2D eigenvalue weighted by atomic mass is 32.1. The van der Waals surface area contributed by atoms with Crippen molar-refractivity contribution in [2.45, 2.75) is 0 Å². The van der Waals surface area contributed by atoms with Crippen LogP contribution in [0.2, 0.25) is 0 Å². The lowest BCUT2D eigenvalue weighted by atomic mass is 10.0. The van der Waals surface area contributed by atoms with Gasteiger partial charge in [0.2, 0.25) is 5.95 Å². The SMILES string of the molecule is c1ccc(-c2ccc(-c3nc(-n4c5ccccc5c5cc6ccccc6cc54)nc4c3sc3ccccc34)cc2)cc1. The first-order chi connectivity index (χ1) is 20.8. The second-order valence-electron chi connectivity index (χ2n) is 10.7. The Morgan fingerprint density at radius 2 is 1.12 bits per heavy atom. The molecule has 0 radical (unpaired) electrons. The largest absolute Gasteiger partial charge is 0.278 e. The van der Waals surface area contributed by atoms with Crippen LogP contribution in [0.1, 0.15) is 0 Å². The molecule has 0 unspecified atom stereocenters. The maximum Gasteiger partial charge on any atom is 0.235 e. The molecule has 0 bridgehead atoms. The summed E-state index contributed by atoms with van der Waals surface area (Å²) < 4.78 is 4.57. The van der Waals surface area contributed by atoms with E-state index >= 15 is 0 Å². The first kappa shape index (κ1) is 23.4. The van der Waals surface area contributed by atoms with Crippen molar-refractivity contribution in [3.05, 3.63) is 140 Å². The average Bonchev–Trinajstić information content (AvgIpc) is 3.59. The Morgan fingerprint density at radius 1 is 0.476 bits per heavy atom. The number of thiophene rings is 1. The summed E-state index contributed by atoms with van der Waals surface area (Å²) >= 11 is 1.76. The fraction of sp³-hybridized carbons (Fsp3) is 0. The van der Waals surface area contributed by atoms with Gasteiger partial charge in [-0.05, 0) is 46.2 Å². The van der Waals surface area contributed by atoms with Crippen LogP contribution in [0.3, 0.4) is 0 Å². The minimum atomic E-state index is 0.690. The van der Waals surface area contributed by atoms with Gasteiger partial charge >= 0.3 is 0 Å². The normalized spacial score (nSPS) is 11.8. The summed E-state index contributed by atoms with van der Waals surface area (Å²) in [5.74, 6) is 0.690. The van der Waals surface area contributed by atoms with Crippen LogP contribution in [0, 0.1) is 0 Å². The predicted molar refractivity (Wildman–Crippen MR) is 178 cm³/mol. The molecule has 6 aromatic carbocycles. The maximum absolute atomic E-state index is 5.35. The van der Waals surface area contributed by atoms with Crippen molar-refractivity contribution in [2.24, 2.45) is 0 Å². The molecule has 0 N–H and O–H groups in total. The van der Waals surface area contributed by atoms with Gasteiger partial charge in [-0.15, -0.1) is 11.3 Å². The van der Waals surface area contributed by atoms with Crippen LogP contribution in [-0.2, 0) is 0 Å². The molecule has 0 atom stereocenters. The number of aromatic nitrogens is 3. The lowest BCUT2D eigenvalue weighted by Crippen LogP contribution is -2.02. The first-order valence-electron chi connectivity index (χ1n) is 14.1. The van der Waals surface area contributed by atoms with Crippen molar-refractivity contribution < 1.29 is 0 Å². The van der Waals surface area contributed by atoms with E-state index in [1.165, 1.54) is 37.4 Å². The van der Waals surface area contributed by atoms with Gasteiger partial charge < -0.3 is 0 Å². The molecule has 0 aliphatic rings. The first-order valence-corrected chi connectivity index (χ1v) is 14.9. The van der Waals surface area contributed by atoms with E-state index in [0.29, 0.717) is 5.95 Å². The van der Waals surface area contributed by atoms with Gasteiger partial charge in [0.05, 0.1) is 26.9 Å². The van der Waals surface area contributed by atoms with Gasteiger partial charge in [-0.25, -0.2) is 9.97 Å². The molecule has 0 saturated carbocycles. The van der Waals surface area contributed by atoms with Gasteiger partial charge in [-0.1, -0.05) is 115 Å². The van der Waals surface area contributed by atoms with Gasteiger partial charge in [0.15, 0.2) is 0 Å². The van der Waals surface area contributed by atoms with Crippen molar-refractivity contribution in [3.8, 4) is 28.3 Å². The van der Waals surface area contributed by atoms with Crippen LogP contribution in [0.5, 0.6) is 0 Å². The standard InChI is InChI=1S/C38H23N3S/c1-2-10-24(11-3-1)25-18-20-26(21-19-25)35-37-36(30-15-7-9-17-34(30)42-37)40-38(39-35)41-32-16-8-6-14-29(32)31-22-27-12-4-5-13-28(27)23-33(31)41/h1-23H. The van der Waals surface area contributed by atoms with Crippen LogP contribution in [0.15, 0.2) is 140 Å². The monoisotopic (exact) mass is 553 g/mol. The molecule has 0 spiro atoms.